The third-order valence-electron chi connectivity index (χ3n) is 7.99. The average molecular weight is 620 g/mol. The van der Waals surface area contributed by atoms with E-state index in [1.165, 1.54) is 29.0 Å². The number of pyridine rings is 1. The number of methoxy groups -OCH3 is 1. The van der Waals surface area contributed by atoms with E-state index in [4.69, 9.17) is 19.2 Å². The Morgan fingerprint density at radius 2 is 1.88 bits per heavy atom. The summed E-state index contributed by atoms with van der Waals surface area (Å²) in [5.41, 5.74) is 6.47. The molecule has 1 aliphatic rings. The zero-order valence-electron chi connectivity index (χ0n) is 24.5. The van der Waals surface area contributed by atoms with Gasteiger partial charge in [0.05, 0.1) is 36.8 Å². The molecule has 0 bridgehead atoms. The topological polar surface area (TPSA) is 62.6 Å². The number of hydrogen-bond donors (Lipinski definition) is 0. The lowest BCUT2D eigenvalue weighted by atomic mass is 9.84. The number of rotatable bonds is 11. The molecule has 0 amide bonds. The fourth-order valence-electron chi connectivity index (χ4n) is 5.76. The molecule has 2 aromatic carbocycles. The number of hydrogen-bond acceptors (Lipinski definition) is 5. The van der Waals surface area contributed by atoms with Crippen LogP contribution in [0.15, 0.2) is 71.3 Å². The van der Waals surface area contributed by atoms with E-state index in [0.29, 0.717) is 13.2 Å². The minimum Gasteiger partial charge on any atom is -0.465 e. The normalized spacial score (nSPS) is 17.8. The van der Waals surface area contributed by atoms with Crippen molar-refractivity contribution in [3.63, 3.8) is 0 Å². The van der Waals surface area contributed by atoms with Crippen molar-refractivity contribution >= 4 is 32.8 Å². The summed E-state index contributed by atoms with van der Waals surface area (Å²) >= 11 is 3.72. The highest BCUT2D eigenvalue weighted by Gasteiger charge is 2.37. The maximum atomic E-state index is 11.7. The molecule has 4 aromatic rings. The minimum atomic E-state index is -0.280. The third-order valence-corrected chi connectivity index (χ3v) is 8.48. The van der Waals surface area contributed by atoms with Crippen molar-refractivity contribution in [2.24, 2.45) is 5.41 Å². The Morgan fingerprint density at radius 3 is 2.59 bits per heavy atom. The van der Waals surface area contributed by atoms with E-state index in [-0.39, 0.29) is 29.6 Å². The number of carbonyl (C=O) groups is 1. The summed E-state index contributed by atoms with van der Waals surface area (Å²) in [7, 11) is 1.72. The minimum absolute atomic E-state index is 0.172. The first-order chi connectivity index (χ1) is 19.7. The van der Waals surface area contributed by atoms with Crippen LogP contribution in [0.4, 0.5) is 0 Å². The van der Waals surface area contributed by atoms with Crippen molar-refractivity contribution in [3.05, 3.63) is 88.2 Å². The molecule has 41 heavy (non-hydrogen) atoms. The van der Waals surface area contributed by atoms with Gasteiger partial charge in [-0.3, -0.25) is 9.78 Å². The Labute approximate surface area is 251 Å². The van der Waals surface area contributed by atoms with Crippen molar-refractivity contribution < 1.29 is 19.0 Å². The third kappa shape index (κ3) is 6.58. The van der Waals surface area contributed by atoms with Gasteiger partial charge in [-0.2, -0.15) is 0 Å². The van der Waals surface area contributed by atoms with Crippen molar-refractivity contribution in [2.45, 2.75) is 71.8 Å². The van der Waals surface area contributed by atoms with Crippen molar-refractivity contribution in [1.82, 2.24) is 9.55 Å². The predicted octanol–water partition coefficient (Wildman–Crippen LogP) is 8.23. The Hall–Kier alpha value is -3.00. The molecule has 5 rings (SSSR count). The summed E-state index contributed by atoms with van der Waals surface area (Å²) < 4.78 is 21.1. The quantitative estimate of drug-likeness (QED) is 0.158. The van der Waals surface area contributed by atoms with Crippen LogP contribution in [-0.4, -0.2) is 35.3 Å². The zero-order valence-corrected chi connectivity index (χ0v) is 26.1. The molecule has 2 aromatic heterocycles. The molecule has 0 saturated heterocycles. The van der Waals surface area contributed by atoms with Crippen LogP contribution in [0.1, 0.15) is 69.5 Å². The van der Waals surface area contributed by atoms with Gasteiger partial charge in [-0.25, -0.2) is 0 Å². The lowest BCUT2D eigenvalue weighted by molar-refractivity contribution is -0.143. The first-order valence-corrected chi connectivity index (χ1v) is 15.1. The summed E-state index contributed by atoms with van der Waals surface area (Å²) in [6, 6.07) is 21.3. The van der Waals surface area contributed by atoms with Crippen LogP contribution in [-0.2, 0) is 32.0 Å². The number of carbonyl (C=O) groups excluding carboxylic acids is 1. The second-order valence-corrected chi connectivity index (χ2v) is 12.8. The van der Waals surface area contributed by atoms with Gasteiger partial charge in [0.25, 0.3) is 0 Å². The molecule has 1 aliphatic carbocycles. The molecule has 0 aliphatic heterocycles. The van der Waals surface area contributed by atoms with E-state index in [0.717, 1.165) is 40.7 Å². The van der Waals surface area contributed by atoms with Crippen molar-refractivity contribution in [1.29, 1.82) is 0 Å². The van der Waals surface area contributed by atoms with Gasteiger partial charge in [0.1, 0.15) is 0 Å². The van der Waals surface area contributed by atoms with E-state index < -0.39 is 0 Å². The molecule has 1 fully saturated rings. The van der Waals surface area contributed by atoms with Crippen LogP contribution in [0.5, 0.6) is 0 Å². The SMILES string of the molecule is COC(C)c1ncccc1-c1c(CC(C)(C)COC(C)=O)c2cc(Br)ccc2n1C1CC(OCc2ccccc2)C1. The summed E-state index contributed by atoms with van der Waals surface area (Å²) in [5, 5.41) is 1.19. The standard InChI is InChI=1S/C34H39BrN2O4/c1-22(39-5)32-28(12-9-15-36-32)33-30(19-34(3,4)21-41-23(2)38)29-16-25(35)13-14-31(29)37(33)26-17-27(18-26)40-20-24-10-7-6-8-11-24/h6-16,22,26-27H,17-21H2,1-5H3. The number of fused-ring (bicyclic) bond motifs is 1. The van der Waals surface area contributed by atoms with Gasteiger partial charge in [-0.05, 0) is 67.6 Å². The smallest absolute Gasteiger partial charge is 0.302 e. The fourth-order valence-corrected chi connectivity index (χ4v) is 6.12. The van der Waals surface area contributed by atoms with Crippen LogP contribution in [0.25, 0.3) is 22.2 Å². The molecule has 1 unspecified atom stereocenters. The Balaban J connectivity index is 1.59. The van der Waals surface area contributed by atoms with Gasteiger partial charge in [0.2, 0.25) is 0 Å². The lowest BCUT2D eigenvalue weighted by Gasteiger charge is -2.38. The molecule has 1 saturated carbocycles. The highest BCUT2D eigenvalue weighted by Crippen LogP contribution is 2.47. The number of aromatic nitrogens is 2. The van der Waals surface area contributed by atoms with Crippen LogP contribution >= 0.6 is 15.9 Å². The number of benzene rings is 2. The first-order valence-electron chi connectivity index (χ1n) is 14.3. The largest absolute Gasteiger partial charge is 0.465 e. The van der Waals surface area contributed by atoms with E-state index in [1.807, 2.05) is 25.3 Å². The fraction of sp³-hybridized carbons (Fsp3) is 0.412. The monoisotopic (exact) mass is 618 g/mol. The highest BCUT2D eigenvalue weighted by molar-refractivity contribution is 9.10. The molecule has 7 heteroatoms. The van der Waals surface area contributed by atoms with Gasteiger partial charge < -0.3 is 18.8 Å². The summed E-state index contributed by atoms with van der Waals surface area (Å²) in [6.07, 6.45) is 4.47. The Kier molecular flexibility index (Phi) is 8.97. The lowest BCUT2D eigenvalue weighted by Crippen LogP contribution is -2.33. The highest BCUT2D eigenvalue weighted by atomic mass is 79.9. The Morgan fingerprint density at radius 1 is 1.12 bits per heavy atom. The number of esters is 1. The molecule has 0 N–H and O–H groups in total. The maximum absolute atomic E-state index is 11.7. The Bertz CT molecular complexity index is 1510. The van der Waals surface area contributed by atoms with Crippen LogP contribution < -0.4 is 0 Å². The van der Waals surface area contributed by atoms with Gasteiger partial charge in [-0.1, -0.05) is 60.1 Å². The summed E-state index contributed by atoms with van der Waals surface area (Å²) in [5.74, 6) is -0.261. The molecule has 6 nitrogen and oxygen atoms in total. The van der Waals surface area contributed by atoms with Gasteiger partial charge >= 0.3 is 5.97 Å². The van der Waals surface area contributed by atoms with Gasteiger partial charge in [-0.15, -0.1) is 0 Å². The second-order valence-electron chi connectivity index (χ2n) is 11.8. The molecule has 2 heterocycles. The second kappa shape index (κ2) is 12.5. The molecule has 216 valence electrons. The predicted molar refractivity (Wildman–Crippen MR) is 166 cm³/mol. The molecule has 0 radical (unpaired) electrons. The average Bonchev–Trinajstić information content (AvgIpc) is 3.23. The van der Waals surface area contributed by atoms with Gasteiger partial charge in [0.15, 0.2) is 0 Å². The van der Waals surface area contributed by atoms with Crippen LogP contribution in [0.2, 0.25) is 0 Å². The first kappa shape index (κ1) is 29.5. The zero-order chi connectivity index (χ0) is 29.1. The molecular formula is C34H39BrN2O4. The van der Waals surface area contributed by atoms with E-state index >= 15 is 0 Å². The van der Waals surface area contributed by atoms with Gasteiger partial charge in [0, 0.05) is 52.6 Å². The van der Waals surface area contributed by atoms with E-state index in [1.54, 1.807) is 7.11 Å². The maximum Gasteiger partial charge on any atom is 0.302 e. The molecular weight excluding hydrogens is 580 g/mol. The van der Waals surface area contributed by atoms with Crippen molar-refractivity contribution in [3.8, 4) is 11.3 Å². The van der Waals surface area contributed by atoms with Crippen molar-refractivity contribution in [2.75, 3.05) is 13.7 Å². The van der Waals surface area contributed by atoms with Crippen LogP contribution in [0, 0.1) is 5.41 Å². The number of nitrogens with zero attached hydrogens (tertiary/aromatic N) is 2. The molecule has 0 spiro atoms. The van der Waals surface area contributed by atoms with Crippen LogP contribution in [0.3, 0.4) is 0 Å². The molecule has 1 atom stereocenters. The summed E-state index contributed by atoms with van der Waals surface area (Å²) in [4.78, 5) is 16.5. The number of ether oxygens (including phenoxy) is 3. The van der Waals surface area contributed by atoms with E-state index in [2.05, 4.69) is 82.9 Å². The number of halogens is 1. The van der Waals surface area contributed by atoms with E-state index in [9.17, 15) is 4.79 Å². The summed E-state index contributed by atoms with van der Waals surface area (Å²) in [6.45, 7) is 8.77.